The van der Waals surface area contributed by atoms with Gasteiger partial charge in [0.25, 0.3) is 10.0 Å². The molecule has 24 heavy (non-hydrogen) atoms. The Hall–Kier alpha value is -2.54. The first-order chi connectivity index (χ1) is 11.5. The van der Waals surface area contributed by atoms with Gasteiger partial charge >= 0.3 is 0 Å². The van der Waals surface area contributed by atoms with Crippen LogP contribution in [0, 0.1) is 0 Å². The lowest BCUT2D eigenvalue weighted by atomic mass is 10.1. The molecule has 0 saturated carbocycles. The van der Waals surface area contributed by atoms with Crippen LogP contribution in [-0.4, -0.2) is 27.8 Å². The third-order valence-electron chi connectivity index (χ3n) is 3.28. The molecule has 0 bridgehead atoms. The lowest BCUT2D eigenvalue weighted by molar-refractivity contribution is 0.340. The quantitative estimate of drug-likeness (QED) is 0.616. The highest BCUT2D eigenvalue weighted by Gasteiger charge is 2.14. The van der Waals surface area contributed by atoms with Gasteiger partial charge in [0.05, 0.1) is 24.3 Å². The van der Waals surface area contributed by atoms with Gasteiger partial charge in [-0.3, -0.25) is 0 Å². The number of hydrogen-bond acceptors (Lipinski definition) is 5. The molecule has 0 saturated heterocycles. The molecule has 0 atom stereocenters. The van der Waals surface area contributed by atoms with Gasteiger partial charge in [0.2, 0.25) is 0 Å². The molecule has 2 rings (SSSR count). The van der Waals surface area contributed by atoms with Crippen molar-refractivity contribution in [2.75, 3.05) is 13.7 Å². The van der Waals surface area contributed by atoms with E-state index in [-0.39, 0.29) is 4.90 Å². The predicted octanol–water partition coefficient (Wildman–Crippen LogP) is 2.80. The van der Waals surface area contributed by atoms with Crippen molar-refractivity contribution in [3.8, 4) is 11.5 Å². The number of sulfonamides is 1. The minimum Gasteiger partial charge on any atom is -0.496 e. The Morgan fingerprint density at radius 3 is 2.42 bits per heavy atom. The van der Waals surface area contributed by atoms with Crippen molar-refractivity contribution < 1.29 is 17.9 Å². The van der Waals surface area contributed by atoms with E-state index in [2.05, 4.69) is 9.93 Å². The zero-order chi connectivity index (χ0) is 17.6. The van der Waals surface area contributed by atoms with E-state index < -0.39 is 10.0 Å². The van der Waals surface area contributed by atoms with Gasteiger partial charge in [-0.05, 0) is 50.2 Å². The first-order valence-electron chi connectivity index (χ1n) is 7.40. The van der Waals surface area contributed by atoms with Gasteiger partial charge in [-0.15, -0.1) is 0 Å². The van der Waals surface area contributed by atoms with Gasteiger partial charge in [0, 0.05) is 5.56 Å². The van der Waals surface area contributed by atoms with E-state index in [1.54, 1.807) is 32.2 Å². The Kier molecular flexibility index (Phi) is 5.81. The molecule has 0 amide bonds. The number of para-hydroxylation sites is 1. The van der Waals surface area contributed by atoms with Crippen LogP contribution in [0.1, 0.15) is 19.4 Å². The Bertz CT molecular complexity index is 815. The lowest BCUT2D eigenvalue weighted by Crippen LogP contribution is -2.20. The zero-order valence-corrected chi connectivity index (χ0v) is 14.6. The minimum absolute atomic E-state index is 0.113. The molecule has 0 spiro atoms. The number of hydrazone groups is 1. The summed E-state index contributed by atoms with van der Waals surface area (Å²) < 4.78 is 35.1. The van der Waals surface area contributed by atoms with Crippen molar-refractivity contribution in [3.63, 3.8) is 0 Å². The van der Waals surface area contributed by atoms with Crippen LogP contribution in [0.3, 0.4) is 0 Å². The third-order valence-corrected chi connectivity index (χ3v) is 4.50. The van der Waals surface area contributed by atoms with E-state index >= 15 is 0 Å². The standard InChI is InChI=1S/C17H20N2O4S/c1-4-23-14-9-11-15(12-10-14)24(20,21)19-18-13(2)16-7-5-6-8-17(16)22-3/h5-12,19H,4H2,1-3H3/b18-13-. The van der Waals surface area contributed by atoms with Gasteiger partial charge < -0.3 is 9.47 Å². The molecule has 6 nitrogen and oxygen atoms in total. The van der Waals surface area contributed by atoms with E-state index in [9.17, 15) is 8.42 Å². The number of ether oxygens (including phenoxy) is 2. The van der Waals surface area contributed by atoms with Gasteiger partial charge in [-0.1, -0.05) is 12.1 Å². The van der Waals surface area contributed by atoms with Gasteiger partial charge in [0.15, 0.2) is 0 Å². The first-order valence-corrected chi connectivity index (χ1v) is 8.88. The van der Waals surface area contributed by atoms with Crippen molar-refractivity contribution in [3.05, 3.63) is 54.1 Å². The molecule has 0 unspecified atom stereocenters. The number of benzene rings is 2. The minimum atomic E-state index is -3.75. The Labute approximate surface area is 142 Å². The summed E-state index contributed by atoms with van der Waals surface area (Å²) in [6.07, 6.45) is 0. The maximum atomic E-state index is 12.3. The highest BCUT2D eigenvalue weighted by Crippen LogP contribution is 2.19. The molecule has 0 aliphatic rings. The fraction of sp³-hybridized carbons (Fsp3) is 0.235. The van der Waals surface area contributed by atoms with Crippen molar-refractivity contribution >= 4 is 15.7 Å². The van der Waals surface area contributed by atoms with E-state index in [1.165, 1.54) is 12.1 Å². The summed E-state index contributed by atoms with van der Waals surface area (Å²) in [6.45, 7) is 4.09. The molecule has 7 heteroatoms. The van der Waals surface area contributed by atoms with E-state index in [4.69, 9.17) is 9.47 Å². The molecule has 2 aromatic rings. The van der Waals surface area contributed by atoms with Gasteiger partial charge in [-0.2, -0.15) is 18.4 Å². The van der Waals surface area contributed by atoms with Crippen molar-refractivity contribution in [2.24, 2.45) is 5.10 Å². The second-order valence-electron chi connectivity index (χ2n) is 4.90. The Morgan fingerprint density at radius 1 is 1.12 bits per heavy atom. The Morgan fingerprint density at radius 2 is 1.79 bits per heavy atom. The first kappa shape index (κ1) is 17.8. The normalized spacial score (nSPS) is 11.9. The fourth-order valence-electron chi connectivity index (χ4n) is 2.07. The highest BCUT2D eigenvalue weighted by molar-refractivity contribution is 7.89. The molecule has 0 fully saturated rings. The van der Waals surface area contributed by atoms with Crippen LogP contribution >= 0.6 is 0 Å². The molecule has 0 aliphatic carbocycles. The second-order valence-corrected chi connectivity index (χ2v) is 6.56. The predicted molar refractivity (Wildman–Crippen MR) is 93.1 cm³/mol. The largest absolute Gasteiger partial charge is 0.496 e. The van der Waals surface area contributed by atoms with Crippen LogP contribution in [0.15, 0.2) is 58.5 Å². The van der Waals surface area contributed by atoms with Crippen LogP contribution in [0.5, 0.6) is 11.5 Å². The van der Waals surface area contributed by atoms with Crippen LogP contribution in [0.25, 0.3) is 0 Å². The molecule has 128 valence electrons. The second kappa shape index (κ2) is 7.83. The zero-order valence-electron chi connectivity index (χ0n) is 13.8. The monoisotopic (exact) mass is 348 g/mol. The molecular formula is C17H20N2O4S. The molecule has 2 aromatic carbocycles. The summed E-state index contributed by atoms with van der Waals surface area (Å²) in [6, 6.07) is 13.4. The average molecular weight is 348 g/mol. The van der Waals surface area contributed by atoms with Crippen LogP contribution in [0.4, 0.5) is 0 Å². The number of methoxy groups -OCH3 is 1. The van der Waals surface area contributed by atoms with Crippen LogP contribution < -0.4 is 14.3 Å². The summed E-state index contributed by atoms with van der Waals surface area (Å²) in [5, 5.41) is 3.98. The Balaban J connectivity index is 2.19. The number of nitrogens with one attached hydrogen (secondary N) is 1. The SMILES string of the molecule is CCOc1ccc(S(=O)(=O)N/N=C(/C)c2ccccc2OC)cc1. The maximum absolute atomic E-state index is 12.3. The molecular weight excluding hydrogens is 328 g/mol. The molecule has 0 aromatic heterocycles. The summed E-state index contributed by atoms with van der Waals surface area (Å²) in [7, 11) is -2.20. The molecule has 1 N–H and O–H groups in total. The van der Waals surface area contributed by atoms with Gasteiger partial charge in [0.1, 0.15) is 11.5 Å². The topological polar surface area (TPSA) is 77.0 Å². The number of rotatable bonds is 7. The summed E-state index contributed by atoms with van der Waals surface area (Å²) in [4.78, 5) is 2.35. The van der Waals surface area contributed by atoms with E-state index in [0.29, 0.717) is 23.8 Å². The highest BCUT2D eigenvalue weighted by atomic mass is 32.2. The van der Waals surface area contributed by atoms with Crippen molar-refractivity contribution in [1.82, 2.24) is 4.83 Å². The fourth-order valence-corrected chi connectivity index (χ4v) is 2.92. The van der Waals surface area contributed by atoms with Crippen molar-refractivity contribution in [2.45, 2.75) is 18.7 Å². The molecule has 0 radical (unpaired) electrons. The number of hydrogen-bond donors (Lipinski definition) is 1. The average Bonchev–Trinajstić information content (AvgIpc) is 2.60. The molecule has 0 aliphatic heterocycles. The summed E-state index contributed by atoms with van der Waals surface area (Å²) in [5.41, 5.74) is 1.22. The summed E-state index contributed by atoms with van der Waals surface area (Å²) in [5.74, 6) is 1.24. The smallest absolute Gasteiger partial charge is 0.276 e. The maximum Gasteiger partial charge on any atom is 0.276 e. The van der Waals surface area contributed by atoms with E-state index in [1.807, 2.05) is 25.1 Å². The number of nitrogens with zero attached hydrogens (tertiary/aromatic N) is 1. The van der Waals surface area contributed by atoms with Gasteiger partial charge in [-0.25, -0.2) is 0 Å². The van der Waals surface area contributed by atoms with Crippen LogP contribution in [0.2, 0.25) is 0 Å². The van der Waals surface area contributed by atoms with E-state index in [0.717, 1.165) is 5.56 Å². The summed E-state index contributed by atoms with van der Waals surface area (Å²) >= 11 is 0. The third kappa shape index (κ3) is 4.26. The lowest BCUT2D eigenvalue weighted by Gasteiger charge is -2.09. The van der Waals surface area contributed by atoms with Crippen LogP contribution in [-0.2, 0) is 10.0 Å². The van der Waals surface area contributed by atoms with Crippen molar-refractivity contribution in [1.29, 1.82) is 0 Å². The molecule has 0 heterocycles.